The lowest BCUT2D eigenvalue weighted by atomic mass is 10.2. The van der Waals surface area contributed by atoms with E-state index in [1.54, 1.807) is 28.7 Å². The summed E-state index contributed by atoms with van der Waals surface area (Å²) in [6.45, 7) is 0. The van der Waals surface area contributed by atoms with Gasteiger partial charge in [-0.2, -0.15) is 0 Å². The van der Waals surface area contributed by atoms with E-state index in [1.165, 1.54) is 12.1 Å². The molecule has 0 aliphatic rings. The van der Waals surface area contributed by atoms with Gasteiger partial charge in [-0.05, 0) is 28.7 Å². The van der Waals surface area contributed by atoms with E-state index in [-0.39, 0.29) is 5.82 Å². The molecule has 52 valence electrons. The van der Waals surface area contributed by atoms with Crippen LogP contribution < -0.4 is 0 Å². The molecule has 1 aromatic carbocycles. The van der Waals surface area contributed by atoms with Gasteiger partial charge >= 0.3 is 0 Å². The lowest BCUT2D eigenvalue weighted by molar-refractivity contribution is 0.112. The number of hydrogen-bond acceptors (Lipinski definition) is 1. The normalized spacial score (nSPS) is 9.40. The third kappa shape index (κ3) is 1.34. The van der Waals surface area contributed by atoms with Crippen molar-refractivity contribution in [1.82, 2.24) is 0 Å². The van der Waals surface area contributed by atoms with Crippen LogP contribution in [0.3, 0.4) is 0 Å². The summed E-state index contributed by atoms with van der Waals surface area (Å²) in [5.41, 5.74) is 0.403. The van der Waals surface area contributed by atoms with E-state index in [0.717, 1.165) is 0 Å². The number of rotatable bonds is 1. The summed E-state index contributed by atoms with van der Waals surface area (Å²) in [4.78, 5) is 10.2. The van der Waals surface area contributed by atoms with Crippen molar-refractivity contribution in [2.75, 3.05) is 0 Å². The Hall–Kier alpha value is -0.450. The van der Waals surface area contributed by atoms with Gasteiger partial charge < -0.3 is 0 Å². The zero-order chi connectivity index (χ0) is 7.56. The molecule has 1 nitrogen and oxygen atoms in total. The molecule has 0 saturated heterocycles. The summed E-state index contributed by atoms with van der Waals surface area (Å²) in [6.07, 6.45) is 0.644. The van der Waals surface area contributed by atoms with Crippen molar-refractivity contribution in [2.24, 2.45) is 0 Å². The summed E-state index contributed by atoms with van der Waals surface area (Å²) >= 11 is 1.80. The van der Waals surface area contributed by atoms with Crippen LogP contribution in [0.5, 0.6) is 0 Å². The molecule has 0 saturated carbocycles. The second kappa shape index (κ2) is 3.09. The monoisotopic (exact) mass is 250 g/mol. The molecule has 0 heterocycles. The molecule has 0 fully saturated rings. The Bertz CT molecular complexity index is 260. The predicted molar refractivity (Wildman–Crippen MR) is 44.5 cm³/mol. The van der Waals surface area contributed by atoms with Crippen LogP contribution in [0.1, 0.15) is 10.4 Å². The van der Waals surface area contributed by atoms with E-state index in [9.17, 15) is 9.18 Å². The second-order valence-corrected chi connectivity index (χ2v) is 2.84. The van der Waals surface area contributed by atoms with Crippen molar-refractivity contribution >= 4 is 28.9 Å². The number of carbonyl (C=O) groups excluding carboxylic acids is 1. The van der Waals surface area contributed by atoms with Crippen LogP contribution in [0.25, 0.3) is 0 Å². The Labute approximate surface area is 71.4 Å². The summed E-state index contributed by atoms with van der Waals surface area (Å²) in [5, 5.41) is 0. The molecule has 0 radical (unpaired) electrons. The Morgan fingerprint density at radius 1 is 1.50 bits per heavy atom. The van der Waals surface area contributed by atoms with E-state index in [1.807, 2.05) is 0 Å². The maximum atomic E-state index is 12.6. The van der Waals surface area contributed by atoms with Gasteiger partial charge in [0.25, 0.3) is 0 Å². The van der Waals surface area contributed by atoms with Gasteiger partial charge in [-0.1, -0.05) is 12.1 Å². The summed E-state index contributed by atoms with van der Waals surface area (Å²) < 4.78 is 13.0. The average molecular weight is 250 g/mol. The molecule has 0 bridgehead atoms. The van der Waals surface area contributed by atoms with Crippen molar-refractivity contribution < 1.29 is 9.18 Å². The molecule has 0 unspecified atom stereocenters. The molecule has 0 N–H and O–H groups in total. The first-order chi connectivity index (χ1) is 4.75. The zero-order valence-corrected chi connectivity index (χ0v) is 7.13. The van der Waals surface area contributed by atoms with Crippen molar-refractivity contribution in [3.63, 3.8) is 0 Å². The topological polar surface area (TPSA) is 17.1 Å². The van der Waals surface area contributed by atoms with Crippen molar-refractivity contribution in [3.8, 4) is 0 Å². The van der Waals surface area contributed by atoms with Crippen LogP contribution in [-0.4, -0.2) is 6.29 Å². The largest absolute Gasteiger partial charge is 0.298 e. The highest BCUT2D eigenvalue weighted by atomic mass is 127. The van der Waals surface area contributed by atoms with Crippen molar-refractivity contribution in [3.05, 3.63) is 33.1 Å². The van der Waals surface area contributed by atoms with E-state index >= 15 is 0 Å². The number of aldehydes is 1. The van der Waals surface area contributed by atoms with E-state index in [4.69, 9.17) is 0 Å². The lowest BCUT2D eigenvalue weighted by Gasteiger charge is -1.94. The summed E-state index contributed by atoms with van der Waals surface area (Å²) in [5.74, 6) is -0.342. The first-order valence-corrected chi connectivity index (χ1v) is 3.73. The SMILES string of the molecule is O=Cc1cccc(F)c1I. The number of halogens is 2. The number of hydrogen-bond donors (Lipinski definition) is 0. The van der Waals surface area contributed by atoms with Crippen LogP contribution in [-0.2, 0) is 0 Å². The molecule has 10 heavy (non-hydrogen) atoms. The minimum atomic E-state index is -0.342. The summed E-state index contributed by atoms with van der Waals surface area (Å²) in [7, 11) is 0. The van der Waals surface area contributed by atoms with E-state index < -0.39 is 0 Å². The first kappa shape index (κ1) is 7.65. The molecule has 0 aliphatic carbocycles. The summed E-state index contributed by atoms with van der Waals surface area (Å²) in [6, 6.07) is 4.42. The number of benzene rings is 1. The van der Waals surface area contributed by atoms with Gasteiger partial charge in [-0.3, -0.25) is 4.79 Å². The third-order valence-corrected chi connectivity index (χ3v) is 2.25. The Balaban J connectivity index is 3.27. The first-order valence-electron chi connectivity index (χ1n) is 2.65. The smallest absolute Gasteiger partial charge is 0.151 e. The Morgan fingerprint density at radius 2 is 2.20 bits per heavy atom. The fourth-order valence-electron chi connectivity index (χ4n) is 0.611. The van der Waals surface area contributed by atoms with Gasteiger partial charge in [-0.25, -0.2) is 4.39 Å². The quantitative estimate of drug-likeness (QED) is 0.551. The molecule has 0 aromatic heterocycles. The predicted octanol–water partition coefficient (Wildman–Crippen LogP) is 2.24. The van der Waals surface area contributed by atoms with Gasteiger partial charge in [0.15, 0.2) is 6.29 Å². The van der Waals surface area contributed by atoms with Gasteiger partial charge in [0.2, 0.25) is 0 Å². The highest BCUT2D eigenvalue weighted by molar-refractivity contribution is 14.1. The standard InChI is InChI=1S/C7H4FIO/c8-6-3-1-2-5(4-10)7(6)9/h1-4H. The highest BCUT2D eigenvalue weighted by Crippen LogP contribution is 2.13. The van der Waals surface area contributed by atoms with Crippen molar-refractivity contribution in [1.29, 1.82) is 0 Å². The molecule has 0 amide bonds. The molecule has 1 aromatic rings. The molecule has 0 atom stereocenters. The van der Waals surface area contributed by atoms with Crippen molar-refractivity contribution in [2.45, 2.75) is 0 Å². The van der Waals surface area contributed by atoms with E-state index in [2.05, 4.69) is 0 Å². The maximum absolute atomic E-state index is 12.6. The van der Waals surface area contributed by atoms with Gasteiger partial charge in [-0.15, -0.1) is 0 Å². The number of carbonyl (C=O) groups is 1. The minimum Gasteiger partial charge on any atom is -0.298 e. The lowest BCUT2D eigenvalue weighted by Crippen LogP contribution is -1.88. The van der Waals surface area contributed by atoms with Crippen LogP contribution in [0.4, 0.5) is 4.39 Å². The molecule has 0 aliphatic heterocycles. The zero-order valence-electron chi connectivity index (χ0n) is 4.97. The minimum absolute atomic E-state index is 0.342. The third-order valence-electron chi connectivity index (χ3n) is 1.11. The second-order valence-electron chi connectivity index (χ2n) is 1.76. The Kier molecular flexibility index (Phi) is 2.37. The molecular weight excluding hydrogens is 246 g/mol. The Morgan fingerprint density at radius 3 is 2.70 bits per heavy atom. The van der Waals surface area contributed by atoms with Gasteiger partial charge in [0.1, 0.15) is 5.82 Å². The van der Waals surface area contributed by atoms with Crippen LogP contribution in [0, 0.1) is 9.39 Å². The van der Waals surface area contributed by atoms with Crippen LogP contribution >= 0.6 is 22.6 Å². The highest BCUT2D eigenvalue weighted by Gasteiger charge is 2.01. The maximum Gasteiger partial charge on any atom is 0.151 e. The molecule has 1 rings (SSSR count). The van der Waals surface area contributed by atoms with E-state index in [0.29, 0.717) is 15.4 Å². The molecule has 0 spiro atoms. The molecule has 3 heteroatoms. The molecular formula is C7H4FIO. The van der Waals surface area contributed by atoms with Gasteiger partial charge in [0, 0.05) is 5.56 Å². The fraction of sp³-hybridized carbons (Fsp3) is 0. The average Bonchev–Trinajstić information content (AvgIpc) is 1.95. The fourth-order valence-corrected chi connectivity index (χ4v) is 1.10. The van der Waals surface area contributed by atoms with Gasteiger partial charge in [0.05, 0.1) is 3.57 Å². The van der Waals surface area contributed by atoms with Crippen LogP contribution in [0.2, 0.25) is 0 Å². The van der Waals surface area contributed by atoms with Crippen LogP contribution in [0.15, 0.2) is 18.2 Å².